The third kappa shape index (κ3) is 21.5. The monoisotopic (exact) mass is 522 g/mol. The molecule has 0 atom stereocenters. The van der Waals surface area contributed by atoms with Crippen LogP contribution in [-0.2, 0) is 6.42 Å². The molecule has 36 heavy (non-hydrogen) atoms. The van der Waals surface area contributed by atoms with E-state index in [0.717, 1.165) is 18.4 Å². The van der Waals surface area contributed by atoms with Crippen molar-refractivity contribution < 1.29 is 14.3 Å². The van der Waals surface area contributed by atoms with Crippen LogP contribution in [0.2, 0.25) is 0 Å². The van der Waals surface area contributed by atoms with Crippen molar-refractivity contribution in [2.75, 3.05) is 0 Å². The molecular weight excluding hydrogens is 463 g/mol. The van der Waals surface area contributed by atoms with Gasteiger partial charge in [0.1, 0.15) is 5.75 Å². The van der Waals surface area contributed by atoms with Gasteiger partial charge in [-0.2, -0.15) is 0 Å². The Labute approximate surface area is 225 Å². The molecule has 4 heteroatoms. The molecule has 0 spiro atoms. The lowest BCUT2D eigenvalue weighted by atomic mass is 10.0. The van der Waals surface area contributed by atoms with Gasteiger partial charge in [-0.1, -0.05) is 173 Å². The Balaban J connectivity index is 1.75. The average molecular weight is 523 g/mol. The molecule has 0 radical (unpaired) electrons. The lowest BCUT2D eigenvalue weighted by Gasteiger charge is -2.10. The van der Waals surface area contributed by atoms with Gasteiger partial charge in [0, 0.05) is 0 Å². The molecule has 0 saturated heterocycles. The van der Waals surface area contributed by atoms with E-state index in [-0.39, 0.29) is 0 Å². The van der Waals surface area contributed by atoms with Crippen LogP contribution in [0.15, 0.2) is 24.3 Å². The summed E-state index contributed by atoms with van der Waals surface area (Å²) in [6.07, 6.45) is 34.8. The van der Waals surface area contributed by atoms with Crippen LogP contribution in [0.25, 0.3) is 0 Å². The van der Waals surface area contributed by atoms with Crippen molar-refractivity contribution in [3.05, 3.63) is 29.8 Å². The van der Waals surface area contributed by atoms with Gasteiger partial charge in [0.15, 0.2) is 0 Å². The molecular formula is C32H59O3P. The van der Waals surface area contributed by atoms with Gasteiger partial charge in [-0.15, -0.1) is 0 Å². The zero-order valence-corrected chi connectivity index (χ0v) is 24.6. The van der Waals surface area contributed by atoms with E-state index in [1.807, 2.05) is 24.3 Å². The van der Waals surface area contributed by atoms with Crippen molar-refractivity contribution in [1.29, 1.82) is 0 Å². The standard InChI is InChI=1S/C32H59O3P/c1-2-3-4-5-6-7-8-9-10-11-12-13-14-15-16-17-18-19-20-21-22-23-24-25-28-31-29-26-27-30-32(31)35-36(33)34/h26-27,29-30,33-34H,2-25,28H2,1H3. The van der Waals surface area contributed by atoms with Crippen molar-refractivity contribution in [2.45, 2.75) is 167 Å². The molecule has 0 aliphatic carbocycles. The van der Waals surface area contributed by atoms with Gasteiger partial charge in [0.2, 0.25) is 0 Å². The van der Waals surface area contributed by atoms with E-state index in [1.54, 1.807) is 0 Å². The molecule has 0 unspecified atom stereocenters. The minimum Gasteiger partial charge on any atom is -0.427 e. The lowest BCUT2D eigenvalue weighted by molar-refractivity contribution is 0.373. The molecule has 0 aromatic heterocycles. The van der Waals surface area contributed by atoms with Gasteiger partial charge >= 0.3 is 8.60 Å². The summed E-state index contributed by atoms with van der Waals surface area (Å²) in [6, 6.07) is 7.69. The highest BCUT2D eigenvalue weighted by Gasteiger charge is 2.07. The molecule has 1 aromatic rings. The Bertz CT molecular complexity index is 578. The van der Waals surface area contributed by atoms with E-state index in [1.165, 1.54) is 148 Å². The minimum absolute atomic E-state index is 0.614. The molecule has 0 aliphatic heterocycles. The predicted octanol–water partition coefficient (Wildman–Crippen LogP) is 11.2. The Morgan fingerprint density at radius 2 is 0.833 bits per heavy atom. The first-order valence-electron chi connectivity index (χ1n) is 15.7. The molecule has 0 fully saturated rings. The van der Waals surface area contributed by atoms with Crippen molar-refractivity contribution in [3.63, 3.8) is 0 Å². The third-order valence-corrected chi connectivity index (χ3v) is 7.81. The fraction of sp³-hybridized carbons (Fsp3) is 0.812. The largest absolute Gasteiger partial charge is 0.427 e. The molecule has 0 amide bonds. The summed E-state index contributed by atoms with van der Waals surface area (Å²) in [5.41, 5.74) is 1.08. The molecule has 0 heterocycles. The summed E-state index contributed by atoms with van der Waals surface area (Å²) in [7, 11) is -2.34. The highest BCUT2D eigenvalue weighted by atomic mass is 31.2. The molecule has 1 rings (SSSR count). The van der Waals surface area contributed by atoms with Crippen molar-refractivity contribution in [2.24, 2.45) is 0 Å². The predicted molar refractivity (Wildman–Crippen MR) is 159 cm³/mol. The fourth-order valence-electron chi connectivity index (χ4n) is 5.17. The van der Waals surface area contributed by atoms with Crippen LogP contribution in [0.3, 0.4) is 0 Å². The van der Waals surface area contributed by atoms with Gasteiger partial charge < -0.3 is 14.3 Å². The van der Waals surface area contributed by atoms with E-state index in [2.05, 4.69) is 6.92 Å². The normalized spacial score (nSPS) is 11.4. The van der Waals surface area contributed by atoms with Gasteiger partial charge in [-0.05, 0) is 24.5 Å². The van der Waals surface area contributed by atoms with Crippen LogP contribution in [0.1, 0.15) is 167 Å². The van der Waals surface area contributed by atoms with E-state index in [4.69, 9.17) is 14.3 Å². The summed E-state index contributed by atoms with van der Waals surface area (Å²) >= 11 is 0. The second-order valence-electron chi connectivity index (χ2n) is 10.8. The Morgan fingerprint density at radius 1 is 0.500 bits per heavy atom. The molecule has 0 saturated carbocycles. The van der Waals surface area contributed by atoms with Crippen LogP contribution in [0.4, 0.5) is 0 Å². The highest BCUT2D eigenvalue weighted by molar-refractivity contribution is 7.39. The first-order chi connectivity index (χ1) is 17.7. The Morgan fingerprint density at radius 3 is 1.19 bits per heavy atom. The van der Waals surface area contributed by atoms with E-state index in [0.29, 0.717) is 5.75 Å². The van der Waals surface area contributed by atoms with Crippen LogP contribution in [0.5, 0.6) is 5.75 Å². The topological polar surface area (TPSA) is 49.7 Å². The number of rotatable bonds is 27. The van der Waals surface area contributed by atoms with Crippen LogP contribution < -0.4 is 4.52 Å². The van der Waals surface area contributed by atoms with E-state index >= 15 is 0 Å². The lowest BCUT2D eigenvalue weighted by Crippen LogP contribution is -1.93. The SMILES string of the molecule is CCCCCCCCCCCCCCCCCCCCCCCCCCc1ccccc1OP(O)O. The van der Waals surface area contributed by atoms with Crippen molar-refractivity contribution in [1.82, 2.24) is 0 Å². The zero-order chi connectivity index (χ0) is 25.9. The number of hydrogen-bond donors (Lipinski definition) is 2. The first kappa shape index (κ1) is 33.4. The van der Waals surface area contributed by atoms with Crippen LogP contribution >= 0.6 is 8.60 Å². The Kier molecular flexibility index (Phi) is 24.1. The highest BCUT2D eigenvalue weighted by Crippen LogP contribution is 2.32. The third-order valence-electron chi connectivity index (χ3n) is 7.45. The molecule has 2 N–H and O–H groups in total. The summed E-state index contributed by atoms with van der Waals surface area (Å²) in [5.74, 6) is 0.614. The summed E-state index contributed by atoms with van der Waals surface area (Å²) in [6.45, 7) is 2.30. The number of unbranched alkanes of at least 4 members (excludes halogenated alkanes) is 23. The number of aryl methyl sites for hydroxylation is 1. The van der Waals surface area contributed by atoms with Gasteiger partial charge in [0.05, 0.1) is 0 Å². The number of benzene rings is 1. The maximum atomic E-state index is 9.09. The number of hydrogen-bond acceptors (Lipinski definition) is 3. The minimum atomic E-state index is -2.34. The molecule has 0 aliphatic rings. The molecule has 0 bridgehead atoms. The quantitative estimate of drug-likeness (QED) is 0.0892. The van der Waals surface area contributed by atoms with Crippen LogP contribution in [0, 0.1) is 0 Å². The molecule has 210 valence electrons. The van der Waals surface area contributed by atoms with Crippen LogP contribution in [-0.4, -0.2) is 9.79 Å². The molecule has 1 aromatic carbocycles. The van der Waals surface area contributed by atoms with E-state index < -0.39 is 8.60 Å². The van der Waals surface area contributed by atoms with Gasteiger partial charge in [-0.3, -0.25) is 0 Å². The maximum absolute atomic E-state index is 9.09. The second kappa shape index (κ2) is 26.0. The van der Waals surface area contributed by atoms with Gasteiger partial charge in [-0.25, -0.2) is 0 Å². The van der Waals surface area contributed by atoms with Gasteiger partial charge in [0.25, 0.3) is 0 Å². The average Bonchev–Trinajstić information content (AvgIpc) is 2.87. The molecule has 3 nitrogen and oxygen atoms in total. The van der Waals surface area contributed by atoms with E-state index in [9.17, 15) is 0 Å². The van der Waals surface area contributed by atoms with Crippen molar-refractivity contribution >= 4 is 8.60 Å². The van der Waals surface area contributed by atoms with Crippen molar-refractivity contribution in [3.8, 4) is 5.75 Å². The first-order valence-corrected chi connectivity index (χ1v) is 16.8. The maximum Gasteiger partial charge on any atom is 0.391 e. The summed E-state index contributed by atoms with van der Waals surface area (Å²) < 4.78 is 5.13. The smallest absolute Gasteiger partial charge is 0.391 e. The summed E-state index contributed by atoms with van der Waals surface area (Å²) in [5, 5.41) is 0. The number of para-hydroxylation sites is 1. The zero-order valence-electron chi connectivity index (χ0n) is 23.7. The Hall–Kier alpha value is -0.630. The fourth-order valence-corrected chi connectivity index (χ4v) is 5.52. The summed E-state index contributed by atoms with van der Waals surface area (Å²) in [4.78, 5) is 18.2. The second-order valence-corrected chi connectivity index (χ2v) is 11.5.